The molecule has 10 heteroatoms. The van der Waals surface area contributed by atoms with Crippen molar-refractivity contribution in [3.63, 3.8) is 0 Å². The molecule has 0 unspecified atom stereocenters. The minimum atomic E-state index is -0.296. The zero-order valence-corrected chi connectivity index (χ0v) is 26.4. The van der Waals surface area contributed by atoms with Crippen LogP contribution >= 0.6 is 11.6 Å². The first-order valence-electron chi connectivity index (χ1n) is 15.6. The first-order valence-corrected chi connectivity index (χ1v) is 16.0. The first kappa shape index (κ1) is 30.3. The maximum absolute atomic E-state index is 10.00. The molecular weight excluding hydrogens is 572 g/mol. The van der Waals surface area contributed by atoms with Gasteiger partial charge >= 0.3 is 0 Å². The number of aliphatic hydroxyl groups excluding tert-OH is 1. The average molecular weight is 613 g/mol. The molecule has 2 aromatic heterocycles. The number of hydrogen-bond acceptors (Lipinski definition) is 8. The summed E-state index contributed by atoms with van der Waals surface area (Å²) in [6.07, 6.45) is 8.65. The Balaban J connectivity index is 1.33. The smallest absolute Gasteiger partial charge is 0.109 e. The highest BCUT2D eigenvalue weighted by atomic mass is 35.5. The topological polar surface area (TPSA) is 115 Å². The van der Waals surface area contributed by atoms with E-state index in [2.05, 4.69) is 71.0 Å². The molecule has 0 radical (unpaired) electrons. The van der Waals surface area contributed by atoms with Gasteiger partial charge in [0.15, 0.2) is 0 Å². The van der Waals surface area contributed by atoms with Gasteiger partial charge in [-0.15, -0.1) is 5.10 Å². The Morgan fingerprint density at radius 1 is 1.05 bits per heavy atom. The molecule has 44 heavy (non-hydrogen) atoms. The van der Waals surface area contributed by atoms with Gasteiger partial charge in [-0.25, -0.2) is 4.68 Å². The van der Waals surface area contributed by atoms with E-state index in [1.165, 1.54) is 0 Å². The summed E-state index contributed by atoms with van der Waals surface area (Å²) in [5.74, 6) is 0. The number of nitrogens with zero attached hydrogens (tertiary/aromatic N) is 6. The Hall–Kier alpha value is -3.71. The van der Waals surface area contributed by atoms with Crippen LogP contribution in [0.1, 0.15) is 88.2 Å². The van der Waals surface area contributed by atoms with Crippen molar-refractivity contribution < 1.29 is 5.11 Å². The molecule has 3 heterocycles. The molecule has 1 atom stereocenters. The van der Waals surface area contributed by atoms with E-state index >= 15 is 0 Å². The van der Waals surface area contributed by atoms with Crippen LogP contribution in [0.15, 0.2) is 54.9 Å². The Morgan fingerprint density at radius 3 is 2.45 bits per heavy atom. The van der Waals surface area contributed by atoms with E-state index < -0.39 is 0 Å². The molecule has 0 amide bonds. The van der Waals surface area contributed by atoms with Crippen LogP contribution in [-0.2, 0) is 0 Å². The molecule has 1 aliphatic carbocycles. The minimum absolute atomic E-state index is 0.161. The van der Waals surface area contributed by atoms with Crippen molar-refractivity contribution in [2.24, 2.45) is 0 Å². The monoisotopic (exact) mass is 612 g/mol. The third kappa shape index (κ3) is 6.53. The number of aromatic nitrogens is 4. The van der Waals surface area contributed by atoms with E-state index in [1.807, 2.05) is 35.0 Å². The van der Waals surface area contributed by atoms with Crippen molar-refractivity contribution in [1.29, 1.82) is 5.26 Å². The Morgan fingerprint density at radius 2 is 1.77 bits per heavy atom. The third-order valence-corrected chi connectivity index (χ3v) is 9.36. The normalized spacial score (nSPS) is 20.7. The van der Waals surface area contributed by atoms with Crippen molar-refractivity contribution in [2.45, 2.75) is 89.1 Å². The van der Waals surface area contributed by atoms with E-state index in [9.17, 15) is 10.4 Å². The molecule has 6 rings (SSSR count). The van der Waals surface area contributed by atoms with Gasteiger partial charge in [-0.05, 0) is 77.0 Å². The van der Waals surface area contributed by atoms with Gasteiger partial charge in [0, 0.05) is 41.3 Å². The number of halogens is 1. The van der Waals surface area contributed by atoms with E-state index in [0.29, 0.717) is 16.6 Å². The largest absolute Gasteiger partial charge is 0.393 e. The highest BCUT2D eigenvalue weighted by Gasteiger charge is 2.29. The average Bonchev–Trinajstić information content (AvgIpc) is 3.51. The van der Waals surface area contributed by atoms with Crippen LogP contribution in [0.5, 0.6) is 0 Å². The van der Waals surface area contributed by atoms with Crippen LogP contribution in [0, 0.1) is 11.3 Å². The SMILES string of the molecule is CC(C)(C)N1CCC(n2cc([C@@H](Nc3cc(Cl)cc4c(NC5CCC(O)CC5)c(C#N)cnc34)c3ccccc3)nn2)CC1. The Kier molecular flexibility index (Phi) is 8.77. The molecule has 2 aromatic carbocycles. The number of anilines is 2. The summed E-state index contributed by atoms with van der Waals surface area (Å²) in [5, 5.41) is 37.8. The summed E-state index contributed by atoms with van der Waals surface area (Å²) in [6.45, 7) is 8.88. The summed E-state index contributed by atoms with van der Waals surface area (Å²) in [4.78, 5) is 7.27. The molecule has 2 fully saturated rings. The zero-order valence-electron chi connectivity index (χ0n) is 25.7. The number of nitrogens with one attached hydrogen (secondary N) is 2. The van der Waals surface area contributed by atoms with Gasteiger partial charge in [0.1, 0.15) is 11.8 Å². The molecule has 3 N–H and O–H groups in total. The molecule has 0 bridgehead atoms. The predicted octanol–water partition coefficient (Wildman–Crippen LogP) is 6.70. The summed E-state index contributed by atoms with van der Waals surface area (Å²) in [5.41, 5.74) is 4.69. The number of fused-ring (bicyclic) bond motifs is 1. The van der Waals surface area contributed by atoms with Crippen molar-refractivity contribution in [3.8, 4) is 6.07 Å². The van der Waals surface area contributed by atoms with Gasteiger partial charge in [0.25, 0.3) is 0 Å². The number of rotatable bonds is 7. The summed E-state index contributed by atoms with van der Waals surface area (Å²) >= 11 is 6.73. The van der Waals surface area contributed by atoms with Crippen molar-refractivity contribution >= 4 is 33.9 Å². The van der Waals surface area contributed by atoms with Crippen molar-refractivity contribution in [2.75, 3.05) is 23.7 Å². The second-order valence-electron chi connectivity index (χ2n) is 13.2. The number of piperidine rings is 1. The maximum atomic E-state index is 10.00. The van der Waals surface area contributed by atoms with Gasteiger partial charge in [-0.1, -0.05) is 47.1 Å². The second-order valence-corrected chi connectivity index (χ2v) is 13.6. The molecule has 1 aliphatic heterocycles. The molecule has 230 valence electrons. The van der Waals surface area contributed by atoms with Gasteiger partial charge in [-0.3, -0.25) is 9.88 Å². The lowest BCUT2D eigenvalue weighted by atomic mass is 9.92. The van der Waals surface area contributed by atoms with E-state index in [4.69, 9.17) is 16.6 Å². The first-order chi connectivity index (χ1) is 21.2. The van der Waals surface area contributed by atoms with Gasteiger partial charge < -0.3 is 15.7 Å². The summed E-state index contributed by atoms with van der Waals surface area (Å²) < 4.78 is 2.03. The van der Waals surface area contributed by atoms with Crippen LogP contribution in [0.2, 0.25) is 5.02 Å². The van der Waals surface area contributed by atoms with E-state index in [1.54, 1.807) is 6.20 Å². The van der Waals surface area contributed by atoms with Crippen molar-refractivity contribution in [3.05, 3.63) is 76.7 Å². The van der Waals surface area contributed by atoms with E-state index in [-0.39, 0.29) is 23.7 Å². The van der Waals surface area contributed by atoms with Crippen molar-refractivity contribution in [1.82, 2.24) is 24.9 Å². The number of pyridine rings is 1. The molecule has 4 aromatic rings. The van der Waals surface area contributed by atoms with Crippen LogP contribution in [0.25, 0.3) is 10.9 Å². The quantitative estimate of drug-likeness (QED) is 0.211. The molecule has 1 saturated carbocycles. The second kappa shape index (κ2) is 12.7. The van der Waals surface area contributed by atoms with Gasteiger partial charge in [0.05, 0.1) is 46.8 Å². The number of aliphatic hydroxyl groups is 1. The number of hydrogen-bond donors (Lipinski definition) is 3. The summed E-state index contributed by atoms with van der Waals surface area (Å²) in [6, 6.07) is 16.4. The highest BCUT2D eigenvalue weighted by Crippen LogP contribution is 2.37. The highest BCUT2D eigenvalue weighted by molar-refractivity contribution is 6.32. The Bertz CT molecular complexity index is 1630. The van der Waals surface area contributed by atoms with E-state index in [0.717, 1.165) is 85.1 Å². The fourth-order valence-electron chi connectivity index (χ4n) is 6.57. The van der Waals surface area contributed by atoms with Gasteiger partial charge in [0.2, 0.25) is 0 Å². The minimum Gasteiger partial charge on any atom is -0.393 e. The zero-order chi connectivity index (χ0) is 30.8. The summed E-state index contributed by atoms with van der Waals surface area (Å²) in [7, 11) is 0. The predicted molar refractivity (Wildman–Crippen MR) is 175 cm³/mol. The van der Waals surface area contributed by atoms with Crippen LogP contribution in [0.4, 0.5) is 11.4 Å². The van der Waals surface area contributed by atoms with Gasteiger partial charge in [-0.2, -0.15) is 5.26 Å². The Labute approximate surface area is 264 Å². The molecule has 0 spiro atoms. The molecule has 2 aliphatic rings. The molecule has 1 saturated heterocycles. The van der Waals surface area contributed by atoms with Crippen LogP contribution in [0.3, 0.4) is 0 Å². The lowest BCUT2D eigenvalue weighted by Crippen LogP contribution is -2.46. The molecule has 9 nitrogen and oxygen atoms in total. The van der Waals surface area contributed by atoms with Crippen LogP contribution in [-0.4, -0.2) is 60.8 Å². The number of nitriles is 1. The van der Waals surface area contributed by atoms with Crippen LogP contribution < -0.4 is 10.6 Å². The standard InChI is InChI=1S/C34H41ClN8O/c1-34(2,3)42-15-13-26(14-16-42)43-21-30(40-41-43)32(22-7-5-4-6-8-22)39-29-18-24(35)17-28-31(23(19-36)20-37-33(28)29)38-25-9-11-27(44)12-10-25/h4-8,17-18,20-21,25-27,32,39,44H,9-16H2,1-3H3,(H,37,38)/t25?,27?,32-/m0/s1. The fourth-order valence-corrected chi connectivity index (χ4v) is 6.79. The lowest BCUT2D eigenvalue weighted by Gasteiger charge is -2.40. The fraction of sp³-hybridized carbons (Fsp3) is 0.471. The lowest BCUT2D eigenvalue weighted by molar-refractivity contribution is 0.0866. The maximum Gasteiger partial charge on any atom is 0.109 e. The molecular formula is C34H41ClN8O. The number of benzene rings is 2. The number of likely N-dealkylation sites (tertiary alicyclic amines) is 1. The third-order valence-electron chi connectivity index (χ3n) is 9.15.